The van der Waals surface area contributed by atoms with Crippen LogP contribution in [0.1, 0.15) is 29.8 Å². The summed E-state index contributed by atoms with van der Waals surface area (Å²) in [6.45, 7) is 0. The highest BCUT2D eigenvalue weighted by Crippen LogP contribution is 2.25. The molecule has 2 rings (SSSR count). The van der Waals surface area contributed by atoms with Gasteiger partial charge in [-0.15, -0.1) is 11.3 Å². The lowest BCUT2D eigenvalue weighted by Gasteiger charge is -2.19. The topological polar surface area (TPSA) is 106 Å². The van der Waals surface area contributed by atoms with Crippen molar-refractivity contribution in [3.63, 3.8) is 0 Å². The van der Waals surface area contributed by atoms with Crippen LogP contribution in [0.2, 0.25) is 0 Å². The van der Waals surface area contributed by atoms with Crippen LogP contribution in [0.3, 0.4) is 0 Å². The first-order valence-corrected chi connectivity index (χ1v) is 8.04. The molecule has 2 atom stereocenters. The van der Waals surface area contributed by atoms with Crippen LogP contribution in [0.25, 0.3) is 0 Å². The highest BCUT2D eigenvalue weighted by atomic mass is 32.2. The number of nitrogens with one attached hydrogen (secondary N) is 1. The van der Waals surface area contributed by atoms with E-state index < -0.39 is 21.7 Å². The first-order valence-electron chi connectivity index (χ1n) is 5.67. The molecule has 19 heavy (non-hydrogen) atoms. The standard InChI is InChI=1S/C10H14N2O5S2/c1-17-7-4-2-3-6(7)12-19(15,16)10-8(9(13)14)11-5-18-10/h5-7,12H,2-4H2,1H3,(H,13,14). The molecule has 1 aromatic heterocycles. The largest absolute Gasteiger partial charge is 0.476 e. The number of carboxylic acid groups (broad SMARTS) is 1. The Kier molecular flexibility index (Phi) is 4.19. The number of carbonyl (C=O) groups is 1. The molecule has 0 radical (unpaired) electrons. The van der Waals surface area contributed by atoms with Gasteiger partial charge in [0, 0.05) is 13.2 Å². The van der Waals surface area contributed by atoms with Gasteiger partial charge >= 0.3 is 5.97 Å². The molecular weight excluding hydrogens is 292 g/mol. The van der Waals surface area contributed by atoms with Gasteiger partial charge < -0.3 is 9.84 Å². The number of aromatic carboxylic acids is 1. The Morgan fingerprint density at radius 3 is 2.95 bits per heavy atom. The lowest BCUT2D eigenvalue weighted by Crippen LogP contribution is -2.40. The molecule has 0 bridgehead atoms. The average Bonchev–Trinajstić information content (AvgIpc) is 2.95. The van der Waals surface area contributed by atoms with Gasteiger partial charge in [-0.3, -0.25) is 0 Å². The molecule has 0 saturated heterocycles. The van der Waals surface area contributed by atoms with Crippen molar-refractivity contribution in [3.8, 4) is 0 Å². The Morgan fingerprint density at radius 2 is 2.32 bits per heavy atom. The van der Waals surface area contributed by atoms with Crippen LogP contribution >= 0.6 is 11.3 Å². The summed E-state index contributed by atoms with van der Waals surface area (Å²) in [7, 11) is -2.34. The van der Waals surface area contributed by atoms with Crippen molar-refractivity contribution in [1.29, 1.82) is 0 Å². The monoisotopic (exact) mass is 306 g/mol. The molecule has 1 aliphatic rings. The van der Waals surface area contributed by atoms with Crippen LogP contribution in [-0.4, -0.2) is 43.7 Å². The van der Waals surface area contributed by atoms with Gasteiger partial charge in [-0.2, -0.15) is 0 Å². The van der Waals surface area contributed by atoms with E-state index >= 15 is 0 Å². The molecule has 0 spiro atoms. The highest BCUT2D eigenvalue weighted by molar-refractivity contribution is 7.91. The number of hydrogen-bond acceptors (Lipinski definition) is 6. The van der Waals surface area contributed by atoms with Gasteiger partial charge in [0.05, 0.1) is 11.6 Å². The Balaban J connectivity index is 2.23. The molecule has 0 aliphatic heterocycles. The quantitative estimate of drug-likeness (QED) is 0.829. The lowest BCUT2D eigenvalue weighted by molar-refractivity contribution is 0.0687. The fourth-order valence-corrected chi connectivity index (χ4v) is 4.62. The summed E-state index contributed by atoms with van der Waals surface area (Å²) in [4.78, 5) is 14.5. The van der Waals surface area contributed by atoms with E-state index in [0.717, 1.165) is 24.2 Å². The summed E-state index contributed by atoms with van der Waals surface area (Å²) in [5.74, 6) is -1.35. The summed E-state index contributed by atoms with van der Waals surface area (Å²) in [5, 5.41) is 8.90. The van der Waals surface area contributed by atoms with Crippen molar-refractivity contribution in [3.05, 3.63) is 11.2 Å². The Morgan fingerprint density at radius 1 is 1.58 bits per heavy atom. The van der Waals surface area contributed by atoms with Gasteiger partial charge in [-0.25, -0.2) is 22.9 Å². The zero-order valence-electron chi connectivity index (χ0n) is 10.2. The van der Waals surface area contributed by atoms with E-state index in [1.54, 1.807) is 0 Å². The van der Waals surface area contributed by atoms with Crippen LogP contribution in [0.15, 0.2) is 9.72 Å². The van der Waals surface area contributed by atoms with Crippen LogP contribution in [0.4, 0.5) is 0 Å². The molecule has 7 nitrogen and oxygen atoms in total. The summed E-state index contributed by atoms with van der Waals surface area (Å²) in [6.07, 6.45) is 2.17. The maximum absolute atomic E-state index is 12.2. The SMILES string of the molecule is COC1CCCC1NS(=O)(=O)c1scnc1C(=O)O. The van der Waals surface area contributed by atoms with E-state index in [4.69, 9.17) is 9.84 Å². The summed E-state index contributed by atoms with van der Waals surface area (Å²) < 4.78 is 31.8. The number of ether oxygens (including phenoxy) is 1. The summed E-state index contributed by atoms with van der Waals surface area (Å²) in [5.41, 5.74) is 0.768. The molecule has 1 aliphatic carbocycles. The molecule has 9 heteroatoms. The number of methoxy groups -OCH3 is 1. The molecule has 2 N–H and O–H groups in total. The van der Waals surface area contributed by atoms with Gasteiger partial charge in [0.2, 0.25) is 0 Å². The molecule has 1 heterocycles. The number of rotatable bonds is 5. The average molecular weight is 306 g/mol. The predicted octanol–water partition coefficient (Wildman–Crippen LogP) is 0.687. The van der Waals surface area contributed by atoms with E-state index in [0.29, 0.717) is 6.42 Å². The fraction of sp³-hybridized carbons (Fsp3) is 0.600. The molecule has 1 aromatic rings. The van der Waals surface area contributed by atoms with Crippen LogP contribution in [0.5, 0.6) is 0 Å². The minimum Gasteiger partial charge on any atom is -0.476 e. The third-order valence-corrected chi connectivity index (χ3v) is 5.90. The molecule has 106 valence electrons. The molecule has 1 saturated carbocycles. The molecular formula is C10H14N2O5S2. The summed E-state index contributed by atoms with van der Waals surface area (Å²) in [6, 6.07) is -0.321. The second-order valence-electron chi connectivity index (χ2n) is 4.23. The second kappa shape index (κ2) is 5.53. The Hall–Kier alpha value is -1.03. The van der Waals surface area contributed by atoms with E-state index in [9.17, 15) is 13.2 Å². The smallest absolute Gasteiger partial charge is 0.356 e. The number of aromatic nitrogens is 1. The van der Waals surface area contributed by atoms with Gasteiger partial charge in [-0.05, 0) is 19.3 Å². The van der Waals surface area contributed by atoms with Crippen LogP contribution in [0, 0.1) is 0 Å². The number of carboxylic acids is 1. The van der Waals surface area contributed by atoms with Crippen molar-refractivity contribution in [2.75, 3.05) is 7.11 Å². The first-order chi connectivity index (χ1) is 8.95. The van der Waals surface area contributed by atoms with Gasteiger partial charge in [-0.1, -0.05) is 0 Å². The van der Waals surface area contributed by atoms with Crippen molar-refractivity contribution < 1.29 is 23.1 Å². The van der Waals surface area contributed by atoms with Crippen molar-refractivity contribution in [2.24, 2.45) is 0 Å². The van der Waals surface area contributed by atoms with Crippen molar-refractivity contribution in [2.45, 2.75) is 35.6 Å². The number of hydrogen-bond donors (Lipinski definition) is 2. The maximum Gasteiger partial charge on any atom is 0.356 e. The van der Waals surface area contributed by atoms with Crippen LogP contribution < -0.4 is 4.72 Å². The van der Waals surface area contributed by atoms with Gasteiger partial charge in [0.25, 0.3) is 10.0 Å². The van der Waals surface area contributed by atoms with E-state index in [1.165, 1.54) is 12.6 Å². The van der Waals surface area contributed by atoms with Gasteiger partial charge in [0.15, 0.2) is 9.90 Å². The molecule has 0 aromatic carbocycles. The molecule has 2 unspecified atom stereocenters. The normalized spacial score (nSPS) is 23.6. The summed E-state index contributed by atoms with van der Waals surface area (Å²) >= 11 is 0.794. The number of thiazole rings is 1. The van der Waals surface area contributed by atoms with Crippen molar-refractivity contribution in [1.82, 2.24) is 9.71 Å². The zero-order valence-corrected chi connectivity index (χ0v) is 11.8. The van der Waals surface area contributed by atoms with E-state index in [1.807, 2.05) is 0 Å². The highest BCUT2D eigenvalue weighted by Gasteiger charge is 2.34. The predicted molar refractivity (Wildman–Crippen MR) is 67.8 cm³/mol. The van der Waals surface area contributed by atoms with E-state index in [-0.39, 0.29) is 16.4 Å². The first kappa shape index (κ1) is 14.4. The fourth-order valence-electron chi connectivity index (χ4n) is 2.16. The third kappa shape index (κ3) is 2.94. The number of sulfonamides is 1. The molecule has 0 amide bonds. The Bertz CT molecular complexity index is 568. The van der Waals surface area contributed by atoms with Crippen molar-refractivity contribution >= 4 is 27.3 Å². The second-order valence-corrected chi connectivity index (χ2v) is 6.99. The van der Waals surface area contributed by atoms with Gasteiger partial charge in [0.1, 0.15) is 0 Å². The lowest BCUT2D eigenvalue weighted by atomic mass is 10.2. The number of nitrogens with zero attached hydrogens (tertiary/aromatic N) is 1. The van der Waals surface area contributed by atoms with E-state index in [2.05, 4.69) is 9.71 Å². The maximum atomic E-state index is 12.2. The zero-order chi connectivity index (χ0) is 14.0. The molecule has 1 fully saturated rings. The minimum absolute atomic E-state index is 0.170. The Labute approximate surface area is 114 Å². The third-order valence-electron chi connectivity index (χ3n) is 3.04. The minimum atomic E-state index is -3.87. The van der Waals surface area contributed by atoms with Crippen LogP contribution in [-0.2, 0) is 14.8 Å².